The molecule has 2 fully saturated rings. The van der Waals surface area contributed by atoms with E-state index in [9.17, 15) is 0 Å². The van der Waals surface area contributed by atoms with Gasteiger partial charge in [-0.1, -0.05) is 20.3 Å². The Morgan fingerprint density at radius 2 is 1.71 bits per heavy atom. The van der Waals surface area contributed by atoms with Crippen molar-refractivity contribution in [3.8, 4) is 0 Å². The van der Waals surface area contributed by atoms with Crippen molar-refractivity contribution in [3.63, 3.8) is 0 Å². The second-order valence-corrected chi connectivity index (χ2v) is 6.35. The van der Waals surface area contributed by atoms with Crippen LogP contribution >= 0.6 is 0 Å². The third kappa shape index (κ3) is 3.94. The molecule has 0 aromatic rings. The first-order valence-corrected chi connectivity index (χ1v) is 7.35. The van der Waals surface area contributed by atoms with Crippen molar-refractivity contribution < 1.29 is 0 Å². The summed E-state index contributed by atoms with van der Waals surface area (Å²) in [4.78, 5) is 5.24. The van der Waals surface area contributed by atoms with Crippen LogP contribution in [0.15, 0.2) is 0 Å². The van der Waals surface area contributed by atoms with Crippen LogP contribution in [-0.2, 0) is 0 Å². The molecular weight excluding hydrogens is 210 g/mol. The summed E-state index contributed by atoms with van der Waals surface area (Å²) >= 11 is 0. The fraction of sp³-hybridized carbons (Fsp3) is 1.00. The van der Waals surface area contributed by atoms with E-state index in [1.807, 2.05) is 0 Å². The number of rotatable bonds is 4. The molecule has 0 spiro atoms. The first-order valence-electron chi connectivity index (χ1n) is 7.35. The molecule has 17 heavy (non-hydrogen) atoms. The van der Waals surface area contributed by atoms with Gasteiger partial charge < -0.3 is 15.5 Å². The van der Waals surface area contributed by atoms with Crippen molar-refractivity contribution in [1.82, 2.24) is 9.80 Å². The number of nitrogens with zero attached hydrogens (tertiary/aromatic N) is 2. The third-order valence-corrected chi connectivity index (χ3v) is 4.30. The van der Waals surface area contributed by atoms with E-state index in [0.29, 0.717) is 6.04 Å². The fourth-order valence-electron chi connectivity index (χ4n) is 3.29. The highest BCUT2D eigenvalue weighted by molar-refractivity contribution is 4.84. The van der Waals surface area contributed by atoms with Gasteiger partial charge >= 0.3 is 0 Å². The zero-order valence-electron chi connectivity index (χ0n) is 11.6. The van der Waals surface area contributed by atoms with Crippen molar-refractivity contribution in [2.75, 3.05) is 39.3 Å². The van der Waals surface area contributed by atoms with Crippen molar-refractivity contribution in [3.05, 3.63) is 0 Å². The number of hydrogen-bond donors (Lipinski definition) is 1. The average Bonchev–Trinajstić information content (AvgIpc) is 2.67. The highest BCUT2D eigenvalue weighted by Gasteiger charge is 2.27. The second kappa shape index (κ2) is 6.17. The van der Waals surface area contributed by atoms with E-state index in [1.54, 1.807) is 0 Å². The maximum Gasteiger partial charge on any atom is 0.0110 e. The van der Waals surface area contributed by atoms with Crippen LogP contribution in [0.1, 0.15) is 33.1 Å². The molecule has 0 bridgehead atoms. The molecule has 0 aromatic heterocycles. The summed E-state index contributed by atoms with van der Waals surface area (Å²) in [6, 6.07) is 0.476. The van der Waals surface area contributed by atoms with Crippen LogP contribution in [0, 0.1) is 11.8 Å². The molecule has 2 unspecified atom stereocenters. The summed E-state index contributed by atoms with van der Waals surface area (Å²) in [6.07, 6.45) is 3.95. The van der Waals surface area contributed by atoms with Gasteiger partial charge in [-0.3, -0.25) is 0 Å². The minimum absolute atomic E-state index is 0.476. The Morgan fingerprint density at radius 1 is 1.06 bits per heavy atom. The Morgan fingerprint density at radius 3 is 2.24 bits per heavy atom. The van der Waals surface area contributed by atoms with Crippen molar-refractivity contribution in [2.24, 2.45) is 17.6 Å². The molecule has 100 valence electrons. The molecular formula is C14H29N3. The maximum atomic E-state index is 6.15. The molecule has 3 heteroatoms. The normalized spacial score (nSPS) is 32.5. The van der Waals surface area contributed by atoms with Gasteiger partial charge in [0, 0.05) is 45.3 Å². The van der Waals surface area contributed by atoms with Gasteiger partial charge in [0.15, 0.2) is 0 Å². The van der Waals surface area contributed by atoms with Crippen molar-refractivity contribution in [1.29, 1.82) is 0 Å². The largest absolute Gasteiger partial charge is 0.327 e. The molecule has 0 radical (unpaired) electrons. The smallest absolute Gasteiger partial charge is 0.0110 e. The standard InChI is InChI=1S/C14H29N3/c1-12(2)10-16-6-8-17(9-7-16)11-13-4-3-5-14(13)15/h12-14H,3-11,15H2,1-2H3. The lowest BCUT2D eigenvalue weighted by atomic mass is 10.0. The van der Waals surface area contributed by atoms with E-state index in [-0.39, 0.29) is 0 Å². The van der Waals surface area contributed by atoms with Crippen LogP contribution in [0.25, 0.3) is 0 Å². The monoisotopic (exact) mass is 239 g/mol. The molecule has 1 saturated heterocycles. The predicted molar refractivity (Wildman–Crippen MR) is 73.0 cm³/mol. The molecule has 0 aromatic carbocycles. The molecule has 2 atom stereocenters. The van der Waals surface area contributed by atoms with Gasteiger partial charge in [0.25, 0.3) is 0 Å². The molecule has 1 aliphatic carbocycles. The van der Waals surface area contributed by atoms with E-state index in [1.165, 1.54) is 58.5 Å². The topological polar surface area (TPSA) is 32.5 Å². The highest BCUT2D eigenvalue weighted by atomic mass is 15.3. The molecule has 2 rings (SSSR count). The number of piperazine rings is 1. The van der Waals surface area contributed by atoms with Gasteiger partial charge in [0.2, 0.25) is 0 Å². The Balaban J connectivity index is 1.68. The summed E-state index contributed by atoms with van der Waals surface area (Å²) in [5.74, 6) is 1.57. The van der Waals surface area contributed by atoms with Gasteiger partial charge in [-0.2, -0.15) is 0 Å². The highest BCUT2D eigenvalue weighted by Crippen LogP contribution is 2.25. The van der Waals surface area contributed by atoms with E-state index in [0.717, 1.165) is 11.8 Å². The van der Waals surface area contributed by atoms with Gasteiger partial charge in [-0.15, -0.1) is 0 Å². The molecule has 1 saturated carbocycles. The average molecular weight is 239 g/mol. The molecule has 3 nitrogen and oxygen atoms in total. The Hall–Kier alpha value is -0.120. The van der Waals surface area contributed by atoms with Gasteiger partial charge in [0.1, 0.15) is 0 Å². The Bertz CT molecular complexity index is 222. The summed E-state index contributed by atoms with van der Waals surface area (Å²) in [6.45, 7) is 12.1. The fourth-order valence-corrected chi connectivity index (χ4v) is 3.29. The van der Waals surface area contributed by atoms with E-state index in [4.69, 9.17) is 5.73 Å². The first-order chi connectivity index (χ1) is 8.15. The third-order valence-electron chi connectivity index (χ3n) is 4.30. The first kappa shape index (κ1) is 13.3. The molecule has 1 aliphatic heterocycles. The van der Waals surface area contributed by atoms with Crippen LogP contribution in [-0.4, -0.2) is 55.1 Å². The molecule has 2 aliphatic rings. The quantitative estimate of drug-likeness (QED) is 0.804. The zero-order valence-corrected chi connectivity index (χ0v) is 11.6. The van der Waals surface area contributed by atoms with Crippen LogP contribution in [0.4, 0.5) is 0 Å². The predicted octanol–water partition coefficient (Wildman–Crippen LogP) is 1.39. The molecule has 1 heterocycles. The van der Waals surface area contributed by atoms with Crippen LogP contribution in [0.3, 0.4) is 0 Å². The van der Waals surface area contributed by atoms with Crippen molar-refractivity contribution >= 4 is 0 Å². The Labute approximate surface area is 106 Å². The van der Waals surface area contributed by atoms with Crippen LogP contribution in [0.2, 0.25) is 0 Å². The van der Waals surface area contributed by atoms with Gasteiger partial charge in [0.05, 0.1) is 0 Å². The van der Waals surface area contributed by atoms with Crippen molar-refractivity contribution in [2.45, 2.75) is 39.2 Å². The number of hydrogen-bond acceptors (Lipinski definition) is 3. The lowest BCUT2D eigenvalue weighted by molar-refractivity contribution is 0.107. The second-order valence-electron chi connectivity index (χ2n) is 6.35. The van der Waals surface area contributed by atoms with E-state index in [2.05, 4.69) is 23.6 Å². The number of nitrogens with two attached hydrogens (primary N) is 1. The van der Waals surface area contributed by atoms with Crippen LogP contribution in [0.5, 0.6) is 0 Å². The lowest BCUT2D eigenvalue weighted by Gasteiger charge is -2.37. The summed E-state index contributed by atoms with van der Waals surface area (Å²) < 4.78 is 0. The minimum atomic E-state index is 0.476. The summed E-state index contributed by atoms with van der Waals surface area (Å²) in [7, 11) is 0. The van der Waals surface area contributed by atoms with Gasteiger partial charge in [-0.05, 0) is 24.7 Å². The SMILES string of the molecule is CC(C)CN1CCN(CC2CCCC2N)CC1. The maximum absolute atomic E-state index is 6.15. The van der Waals surface area contributed by atoms with E-state index >= 15 is 0 Å². The summed E-state index contributed by atoms with van der Waals surface area (Å²) in [5.41, 5.74) is 6.15. The Kier molecular flexibility index (Phi) is 4.83. The van der Waals surface area contributed by atoms with Crippen LogP contribution < -0.4 is 5.73 Å². The van der Waals surface area contributed by atoms with E-state index < -0.39 is 0 Å². The van der Waals surface area contributed by atoms with Gasteiger partial charge in [-0.25, -0.2) is 0 Å². The lowest BCUT2D eigenvalue weighted by Crippen LogP contribution is -2.49. The zero-order chi connectivity index (χ0) is 12.3. The minimum Gasteiger partial charge on any atom is -0.327 e. The molecule has 2 N–H and O–H groups in total. The molecule has 0 amide bonds. The summed E-state index contributed by atoms with van der Waals surface area (Å²) in [5, 5.41) is 0.